The second-order valence-corrected chi connectivity index (χ2v) is 6.68. The standard InChI is InChI=1S/C16H21N3O2S/c1-11-15(12(2)21-18-11)9-19-5-3-14(8-19)17-16(20)7-13-4-6-22-10-13/h4,6,10,14H,3,5,7-9H2,1-2H3,(H,17,20)/t14-/m0/s1. The molecule has 1 amide bonds. The van der Waals surface area contributed by atoms with E-state index in [4.69, 9.17) is 4.52 Å². The van der Waals surface area contributed by atoms with E-state index in [-0.39, 0.29) is 11.9 Å². The molecule has 0 bridgehead atoms. The number of rotatable bonds is 5. The number of aromatic nitrogens is 1. The van der Waals surface area contributed by atoms with E-state index in [0.717, 1.165) is 43.1 Å². The molecule has 6 heteroatoms. The molecule has 2 aromatic rings. The topological polar surface area (TPSA) is 58.4 Å². The van der Waals surface area contributed by atoms with Crippen LogP contribution < -0.4 is 5.32 Å². The molecule has 0 spiro atoms. The van der Waals surface area contributed by atoms with E-state index in [0.29, 0.717) is 6.42 Å². The molecule has 0 unspecified atom stereocenters. The quantitative estimate of drug-likeness (QED) is 0.918. The maximum atomic E-state index is 12.0. The van der Waals surface area contributed by atoms with Crippen molar-refractivity contribution >= 4 is 17.2 Å². The SMILES string of the molecule is Cc1noc(C)c1CN1CC[C@H](NC(=O)Cc2ccsc2)C1. The zero-order valence-electron chi connectivity index (χ0n) is 13.0. The predicted molar refractivity (Wildman–Crippen MR) is 85.8 cm³/mol. The van der Waals surface area contributed by atoms with Gasteiger partial charge < -0.3 is 9.84 Å². The number of amides is 1. The van der Waals surface area contributed by atoms with Crippen molar-refractivity contribution in [1.29, 1.82) is 0 Å². The molecule has 0 saturated carbocycles. The third kappa shape index (κ3) is 3.56. The molecule has 22 heavy (non-hydrogen) atoms. The summed E-state index contributed by atoms with van der Waals surface area (Å²) in [5, 5.41) is 11.2. The monoisotopic (exact) mass is 319 g/mol. The highest BCUT2D eigenvalue weighted by Gasteiger charge is 2.25. The number of nitrogens with zero attached hydrogens (tertiary/aromatic N) is 2. The van der Waals surface area contributed by atoms with Crippen LogP contribution in [0.3, 0.4) is 0 Å². The first-order valence-corrected chi connectivity index (χ1v) is 8.50. The number of hydrogen-bond donors (Lipinski definition) is 1. The number of aryl methyl sites for hydroxylation is 2. The van der Waals surface area contributed by atoms with Crippen LogP contribution in [0.1, 0.15) is 29.0 Å². The molecular formula is C16H21N3O2S. The third-order valence-corrected chi connectivity index (χ3v) is 4.88. The summed E-state index contributed by atoms with van der Waals surface area (Å²) < 4.78 is 5.21. The summed E-state index contributed by atoms with van der Waals surface area (Å²) in [6.45, 7) is 6.65. The van der Waals surface area contributed by atoms with Crippen LogP contribution in [-0.2, 0) is 17.8 Å². The van der Waals surface area contributed by atoms with Gasteiger partial charge in [0.2, 0.25) is 5.91 Å². The summed E-state index contributed by atoms with van der Waals surface area (Å²) in [5.74, 6) is 1.00. The van der Waals surface area contributed by atoms with Crippen molar-refractivity contribution in [2.75, 3.05) is 13.1 Å². The lowest BCUT2D eigenvalue weighted by atomic mass is 10.2. The van der Waals surface area contributed by atoms with E-state index < -0.39 is 0 Å². The van der Waals surface area contributed by atoms with Gasteiger partial charge in [0.05, 0.1) is 12.1 Å². The second kappa shape index (κ2) is 6.62. The molecule has 1 saturated heterocycles. The highest BCUT2D eigenvalue weighted by Crippen LogP contribution is 2.19. The number of thiophene rings is 1. The first-order chi connectivity index (χ1) is 10.6. The molecular weight excluding hydrogens is 298 g/mol. The average Bonchev–Trinajstić information content (AvgIpc) is 3.19. The molecule has 3 rings (SSSR count). The van der Waals surface area contributed by atoms with Gasteiger partial charge >= 0.3 is 0 Å². The number of carbonyl (C=O) groups is 1. The van der Waals surface area contributed by atoms with Crippen LogP contribution in [-0.4, -0.2) is 35.1 Å². The van der Waals surface area contributed by atoms with E-state index >= 15 is 0 Å². The molecule has 1 aliphatic heterocycles. The summed E-state index contributed by atoms with van der Waals surface area (Å²) in [6.07, 6.45) is 1.47. The molecule has 2 aromatic heterocycles. The van der Waals surface area contributed by atoms with E-state index in [1.54, 1.807) is 11.3 Å². The summed E-state index contributed by atoms with van der Waals surface area (Å²) in [5.41, 5.74) is 3.22. The Balaban J connectivity index is 1.49. The summed E-state index contributed by atoms with van der Waals surface area (Å²) in [4.78, 5) is 14.4. The second-order valence-electron chi connectivity index (χ2n) is 5.90. The number of nitrogens with one attached hydrogen (secondary N) is 1. The van der Waals surface area contributed by atoms with Gasteiger partial charge in [-0.15, -0.1) is 0 Å². The molecule has 1 N–H and O–H groups in total. The van der Waals surface area contributed by atoms with Gasteiger partial charge in [0, 0.05) is 31.2 Å². The van der Waals surface area contributed by atoms with E-state index in [1.807, 2.05) is 30.7 Å². The Labute approximate surface area is 134 Å². The zero-order valence-corrected chi connectivity index (χ0v) is 13.8. The van der Waals surface area contributed by atoms with Crippen LogP contribution in [0.4, 0.5) is 0 Å². The molecule has 0 aliphatic carbocycles. The molecule has 1 atom stereocenters. The average molecular weight is 319 g/mol. The Morgan fingerprint density at radius 1 is 1.55 bits per heavy atom. The summed E-state index contributed by atoms with van der Waals surface area (Å²) in [7, 11) is 0. The van der Waals surface area contributed by atoms with Gasteiger partial charge in [-0.25, -0.2) is 0 Å². The zero-order chi connectivity index (χ0) is 15.5. The van der Waals surface area contributed by atoms with Crippen LogP contribution >= 0.6 is 11.3 Å². The number of hydrogen-bond acceptors (Lipinski definition) is 5. The minimum Gasteiger partial charge on any atom is -0.361 e. The highest BCUT2D eigenvalue weighted by molar-refractivity contribution is 7.07. The predicted octanol–water partition coefficient (Wildman–Crippen LogP) is 2.29. The minimum absolute atomic E-state index is 0.114. The van der Waals surface area contributed by atoms with Crippen LogP contribution in [0, 0.1) is 13.8 Å². The van der Waals surface area contributed by atoms with Crippen molar-refractivity contribution in [3.8, 4) is 0 Å². The molecule has 118 valence electrons. The van der Waals surface area contributed by atoms with Crippen LogP contribution in [0.2, 0.25) is 0 Å². The lowest BCUT2D eigenvalue weighted by molar-refractivity contribution is -0.121. The number of carbonyl (C=O) groups excluding carboxylic acids is 1. The largest absolute Gasteiger partial charge is 0.361 e. The van der Waals surface area contributed by atoms with Crippen molar-refractivity contribution in [2.24, 2.45) is 0 Å². The van der Waals surface area contributed by atoms with Gasteiger partial charge in [-0.2, -0.15) is 11.3 Å². The van der Waals surface area contributed by atoms with Crippen LogP contribution in [0.25, 0.3) is 0 Å². The summed E-state index contributed by atoms with van der Waals surface area (Å²) in [6, 6.07) is 2.24. The van der Waals surface area contributed by atoms with Crippen LogP contribution in [0.15, 0.2) is 21.3 Å². The van der Waals surface area contributed by atoms with Crippen molar-refractivity contribution in [2.45, 2.75) is 39.3 Å². The van der Waals surface area contributed by atoms with Crippen molar-refractivity contribution in [3.05, 3.63) is 39.4 Å². The normalized spacial score (nSPS) is 18.7. The van der Waals surface area contributed by atoms with Gasteiger partial charge in [0.1, 0.15) is 5.76 Å². The lowest BCUT2D eigenvalue weighted by Gasteiger charge is -2.16. The molecule has 3 heterocycles. The van der Waals surface area contributed by atoms with Crippen molar-refractivity contribution in [3.63, 3.8) is 0 Å². The van der Waals surface area contributed by atoms with Gasteiger partial charge in [-0.05, 0) is 42.7 Å². The fourth-order valence-electron chi connectivity index (χ4n) is 2.90. The Morgan fingerprint density at radius 3 is 3.09 bits per heavy atom. The first-order valence-electron chi connectivity index (χ1n) is 7.56. The van der Waals surface area contributed by atoms with Gasteiger partial charge in [-0.1, -0.05) is 5.16 Å². The summed E-state index contributed by atoms with van der Waals surface area (Å²) >= 11 is 1.63. The molecule has 0 aromatic carbocycles. The molecule has 0 radical (unpaired) electrons. The van der Waals surface area contributed by atoms with Crippen LogP contribution in [0.5, 0.6) is 0 Å². The Bertz CT molecular complexity index is 616. The smallest absolute Gasteiger partial charge is 0.224 e. The lowest BCUT2D eigenvalue weighted by Crippen LogP contribution is -2.37. The van der Waals surface area contributed by atoms with E-state index in [2.05, 4.69) is 15.4 Å². The highest BCUT2D eigenvalue weighted by atomic mass is 32.1. The van der Waals surface area contributed by atoms with Gasteiger partial charge in [-0.3, -0.25) is 9.69 Å². The number of likely N-dealkylation sites (tertiary alicyclic amines) is 1. The minimum atomic E-state index is 0.114. The van der Waals surface area contributed by atoms with E-state index in [1.165, 1.54) is 5.56 Å². The van der Waals surface area contributed by atoms with E-state index in [9.17, 15) is 4.79 Å². The van der Waals surface area contributed by atoms with Gasteiger partial charge in [0.25, 0.3) is 0 Å². The molecule has 1 aliphatic rings. The maximum absolute atomic E-state index is 12.0. The molecule has 1 fully saturated rings. The fourth-order valence-corrected chi connectivity index (χ4v) is 3.57. The third-order valence-electron chi connectivity index (χ3n) is 4.15. The molecule has 5 nitrogen and oxygen atoms in total. The Kier molecular flexibility index (Phi) is 4.59. The maximum Gasteiger partial charge on any atom is 0.224 e. The van der Waals surface area contributed by atoms with Crippen molar-refractivity contribution < 1.29 is 9.32 Å². The first kappa shape index (κ1) is 15.2. The Morgan fingerprint density at radius 2 is 2.41 bits per heavy atom. The fraction of sp³-hybridized carbons (Fsp3) is 0.500. The van der Waals surface area contributed by atoms with Gasteiger partial charge in [0.15, 0.2) is 0 Å². The van der Waals surface area contributed by atoms with Crippen molar-refractivity contribution in [1.82, 2.24) is 15.4 Å². The Hall–Kier alpha value is -1.66.